The first kappa shape index (κ1) is 17.6. The Hall–Kier alpha value is -2.79. The predicted molar refractivity (Wildman–Crippen MR) is 107 cm³/mol. The van der Waals surface area contributed by atoms with Gasteiger partial charge in [0.1, 0.15) is 11.4 Å². The van der Waals surface area contributed by atoms with E-state index < -0.39 is 5.66 Å². The third-order valence-corrected chi connectivity index (χ3v) is 5.91. The number of H-pyrrole nitrogens is 1. The lowest BCUT2D eigenvalue weighted by Gasteiger charge is -2.39. The number of benzene rings is 2. The van der Waals surface area contributed by atoms with Crippen LogP contribution in [0.1, 0.15) is 35.3 Å². The summed E-state index contributed by atoms with van der Waals surface area (Å²) in [6.45, 7) is 2.82. The first-order chi connectivity index (χ1) is 13.1. The van der Waals surface area contributed by atoms with Gasteiger partial charge in [0.25, 0.3) is 5.91 Å². The van der Waals surface area contributed by atoms with E-state index in [9.17, 15) is 4.79 Å². The predicted octanol–water partition coefficient (Wildman–Crippen LogP) is 3.74. The molecule has 4 rings (SSSR count). The number of likely N-dealkylation sites (N-methyl/N-ethyl adjacent to an activating group) is 1. The molecule has 1 aliphatic heterocycles. The molecule has 0 aliphatic carbocycles. The van der Waals surface area contributed by atoms with Gasteiger partial charge in [0.2, 0.25) is 0 Å². The van der Waals surface area contributed by atoms with Crippen LogP contribution < -0.4 is 10.1 Å². The van der Waals surface area contributed by atoms with Gasteiger partial charge in [-0.15, -0.1) is 0 Å². The van der Waals surface area contributed by atoms with Crippen LogP contribution in [0.25, 0.3) is 10.9 Å². The number of nitrogens with one attached hydrogen (secondary N) is 2. The third-order valence-electron chi connectivity index (χ3n) is 5.91. The average Bonchev–Trinajstić information content (AvgIpc) is 3.29. The number of methoxy groups -OCH3 is 1. The summed E-state index contributed by atoms with van der Waals surface area (Å²) in [5.41, 5.74) is 2.30. The highest BCUT2D eigenvalue weighted by molar-refractivity contribution is 6.00. The van der Waals surface area contributed by atoms with Crippen LogP contribution in [-0.4, -0.2) is 42.2 Å². The number of carbonyl (C=O) groups excluding carboxylic acids is 1. The van der Waals surface area contributed by atoms with Crippen molar-refractivity contribution in [3.63, 3.8) is 0 Å². The molecule has 0 spiro atoms. The Labute approximate surface area is 159 Å². The summed E-state index contributed by atoms with van der Waals surface area (Å²) in [6.07, 6.45) is 0.927. The maximum atomic E-state index is 13.4. The molecule has 2 unspecified atom stereocenters. The van der Waals surface area contributed by atoms with Gasteiger partial charge in [-0.05, 0) is 44.2 Å². The maximum absolute atomic E-state index is 13.4. The van der Waals surface area contributed by atoms with Gasteiger partial charge in [-0.3, -0.25) is 10.1 Å². The Morgan fingerprint density at radius 1 is 1.22 bits per heavy atom. The van der Waals surface area contributed by atoms with Crippen LogP contribution in [-0.2, 0) is 0 Å². The minimum atomic E-state index is -0.445. The van der Waals surface area contributed by atoms with Gasteiger partial charge in [0.05, 0.1) is 12.8 Å². The van der Waals surface area contributed by atoms with Crippen LogP contribution in [0.4, 0.5) is 0 Å². The van der Waals surface area contributed by atoms with E-state index in [4.69, 9.17) is 4.74 Å². The molecule has 5 nitrogen and oxygen atoms in total. The smallest absolute Gasteiger partial charge is 0.271 e. The van der Waals surface area contributed by atoms with Crippen LogP contribution in [0, 0.1) is 0 Å². The summed E-state index contributed by atoms with van der Waals surface area (Å²) in [5.74, 6) is 1.01. The van der Waals surface area contributed by atoms with Crippen molar-refractivity contribution in [1.82, 2.24) is 15.2 Å². The van der Waals surface area contributed by atoms with Crippen molar-refractivity contribution in [2.75, 3.05) is 20.7 Å². The molecule has 2 N–H and O–H groups in total. The van der Waals surface area contributed by atoms with Gasteiger partial charge in [0.15, 0.2) is 0 Å². The highest BCUT2D eigenvalue weighted by atomic mass is 16.5. The van der Waals surface area contributed by atoms with E-state index in [2.05, 4.69) is 41.5 Å². The molecule has 2 aromatic carbocycles. The summed E-state index contributed by atoms with van der Waals surface area (Å²) < 4.78 is 5.43. The van der Waals surface area contributed by atoms with Crippen LogP contribution in [0.15, 0.2) is 54.6 Å². The Balaban J connectivity index is 1.69. The van der Waals surface area contributed by atoms with E-state index in [1.807, 2.05) is 42.3 Å². The number of aromatic nitrogens is 1. The number of amides is 1. The highest BCUT2D eigenvalue weighted by Crippen LogP contribution is 2.41. The number of likely N-dealkylation sites (tertiary alicyclic amines) is 1. The Morgan fingerprint density at radius 2 is 2.00 bits per heavy atom. The van der Waals surface area contributed by atoms with E-state index >= 15 is 0 Å². The highest BCUT2D eigenvalue weighted by Gasteiger charge is 2.47. The molecule has 3 aromatic rings. The van der Waals surface area contributed by atoms with Crippen molar-refractivity contribution in [1.29, 1.82) is 0 Å². The minimum Gasteiger partial charge on any atom is -0.496 e. The molecule has 27 heavy (non-hydrogen) atoms. The number of carbonyl (C=O) groups is 1. The fourth-order valence-electron chi connectivity index (χ4n) is 4.32. The minimum absolute atomic E-state index is 0.00327. The van der Waals surface area contributed by atoms with Crippen molar-refractivity contribution in [3.8, 4) is 5.75 Å². The summed E-state index contributed by atoms with van der Waals surface area (Å²) in [4.78, 5) is 18.6. The normalized spacial score (nSPS) is 22.3. The number of aromatic amines is 1. The van der Waals surface area contributed by atoms with Crippen LogP contribution >= 0.6 is 0 Å². The summed E-state index contributed by atoms with van der Waals surface area (Å²) in [6, 6.07) is 18.1. The lowest BCUT2D eigenvalue weighted by molar-refractivity contribution is 0.0541. The monoisotopic (exact) mass is 363 g/mol. The zero-order valence-electron chi connectivity index (χ0n) is 16.0. The molecule has 5 heteroatoms. The summed E-state index contributed by atoms with van der Waals surface area (Å²) in [7, 11) is 3.57. The van der Waals surface area contributed by atoms with Gasteiger partial charge in [-0.1, -0.05) is 36.4 Å². The van der Waals surface area contributed by atoms with Crippen LogP contribution in [0.5, 0.6) is 5.75 Å². The number of ether oxygens (including phenoxy) is 1. The SMILES string of the molecule is CNC1(C)C(c2ccccc2)CCN1C(=O)c1cc2c(OC)cccc2[nH]1. The third kappa shape index (κ3) is 2.79. The Morgan fingerprint density at radius 3 is 2.70 bits per heavy atom. The largest absolute Gasteiger partial charge is 0.496 e. The zero-order valence-corrected chi connectivity index (χ0v) is 16.0. The van der Waals surface area contributed by atoms with Gasteiger partial charge in [-0.25, -0.2) is 0 Å². The fourth-order valence-corrected chi connectivity index (χ4v) is 4.32. The lowest BCUT2D eigenvalue weighted by atomic mass is 9.87. The topological polar surface area (TPSA) is 57.4 Å². The average molecular weight is 363 g/mol. The molecule has 1 fully saturated rings. The molecule has 2 atom stereocenters. The molecule has 0 bridgehead atoms. The van der Waals surface area contributed by atoms with Crippen molar-refractivity contribution in [2.24, 2.45) is 0 Å². The number of hydrogen-bond acceptors (Lipinski definition) is 3. The van der Waals surface area contributed by atoms with Gasteiger partial charge >= 0.3 is 0 Å². The molecule has 1 saturated heterocycles. The van der Waals surface area contributed by atoms with E-state index in [1.165, 1.54) is 5.56 Å². The van der Waals surface area contributed by atoms with E-state index in [-0.39, 0.29) is 11.8 Å². The van der Waals surface area contributed by atoms with Gasteiger partial charge in [0, 0.05) is 23.4 Å². The molecule has 1 amide bonds. The molecule has 1 aliphatic rings. The maximum Gasteiger partial charge on any atom is 0.271 e. The zero-order chi connectivity index (χ0) is 19.0. The molecule has 1 aromatic heterocycles. The molecule has 2 heterocycles. The van der Waals surface area contributed by atoms with Crippen LogP contribution in [0.3, 0.4) is 0 Å². The molecule has 0 saturated carbocycles. The summed E-state index contributed by atoms with van der Waals surface area (Å²) >= 11 is 0. The van der Waals surface area contributed by atoms with Crippen LogP contribution in [0.2, 0.25) is 0 Å². The number of fused-ring (bicyclic) bond motifs is 1. The standard InChI is InChI=1S/C22H25N3O2/c1-22(23-2)17(15-8-5-4-6-9-15)12-13-25(22)21(26)19-14-16-18(24-19)10-7-11-20(16)27-3/h4-11,14,17,23-24H,12-13H2,1-3H3. The van der Waals surface area contributed by atoms with Crippen molar-refractivity contribution >= 4 is 16.8 Å². The second-order valence-corrected chi connectivity index (χ2v) is 7.21. The first-order valence-electron chi connectivity index (χ1n) is 9.30. The van der Waals surface area contributed by atoms with E-state index in [0.29, 0.717) is 12.2 Å². The van der Waals surface area contributed by atoms with Crippen molar-refractivity contribution < 1.29 is 9.53 Å². The first-order valence-corrected chi connectivity index (χ1v) is 9.30. The number of nitrogens with zero attached hydrogens (tertiary/aromatic N) is 1. The van der Waals surface area contributed by atoms with E-state index in [1.54, 1.807) is 7.11 Å². The molecular formula is C22H25N3O2. The summed E-state index contributed by atoms with van der Waals surface area (Å²) in [5, 5.41) is 4.34. The fraction of sp³-hybridized carbons (Fsp3) is 0.318. The molecule has 0 radical (unpaired) electrons. The second kappa shape index (κ2) is 6.74. The van der Waals surface area contributed by atoms with Crippen molar-refractivity contribution in [2.45, 2.75) is 24.9 Å². The Kier molecular flexibility index (Phi) is 4.40. The Bertz CT molecular complexity index is 966. The second-order valence-electron chi connectivity index (χ2n) is 7.21. The van der Waals surface area contributed by atoms with Gasteiger partial charge in [-0.2, -0.15) is 0 Å². The molecular weight excluding hydrogens is 338 g/mol. The van der Waals surface area contributed by atoms with Gasteiger partial charge < -0.3 is 14.6 Å². The number of hydrogen-bond donors (Lipinski definition) is 2. The number of rotatable bonds is 4. The van der Waals surface area contributed by atoms with Crippen molar-refractivity contribution in [3.05, 3.63) is 65.9 Å². The molecule has 140 valence electrons. The quantitative estimate of drug-likeness (QED) is 0.742. The van der Waals surface area contributed by atoms with E-state index in [0.717, 1.165) is 23.1 Å². The lowest BCUT2D eigenvalue weighted by Crippen LogP contribution is -2.56.